The second kappa shape index (κ2) is 6.66. The SMILES string of the molecule is Cc1cc2c(Nc3cccc(C(F)(F)F)c3)nc(-c3ccccc3)nc2s1. The molecule has 0 aliphatic carbocycles. The first-order valence-corrected chi connectivity index (χ1v) is 9.00. The monoisotopic (exact) mass is 385 g/mol. The van der Waals surface area contributed by atoms with Crippen LogP contribution in [0.4, 0.5) is 24.7 Å². The van der Waals surface area contributed by atoms with Crippen molar-refractivity contribution in [2.75, 3.05) is 5.32 Å². The first kappa shape index (κ1) is 17.5. The van der Waals surface area contributed by atoms with Crippen LogP contribution in [0.5, 0.6) is 0 Å². The van der Waals surface area contributed by atoms with Crippen molar-refractivity contribution in [1.82, 2.24) is 9.97 Å². The van der Waals surface area contributed by atoms with Crippen LogP contribution < -0.4 is 5.32 Å². The third-order valence-electron chi connectivity index (χ3n) is 4.00. The van der Waals surface area contributed by atoms with Gasteiger partial charge in [0.25, 0.3) is 0 Å². The number of alkyl halides is 3. The zero-order valence-corrected chi connectivity index (χ0v) is 15.0. The van der Waals surface area contributed by atoms with Gasteiger partial charge in [0.05, 0.1) is 10.9 Å². The Morgan fingerprint density at radius 1 is 0.926 bits per heavy atom. The van der Waals surface area contributed by atoms with Gasteiger partial charge in [-0.05, 0) is 31.2 Å². The molecule has 2 aromatic heterocycles. The molecule has 0 spiro atoms. The van der Waals surface area contributed by atoms with Gasteiger partial charge in [0.15, 0.2) is 5.82 Å². The fourth-order valence-corrected chi connectivity index (χ4v) is 3.64. The van der Waals surface area contributed by atoms with Crippen LogP contribution in [-0.4, -0.2) is 9.97 Å². The van der Waals surface area contributed by atoms with Crippen molar-refractivity contribution in [2.45, 2.75) is 13.1 Å². The Hall–Kier alpha value is -2.93. The smallest absolute Gasteiger partial charge is 0.340 e. The zero-order valence-electron chi connectivity index (χ0n) is 14.2. The number of aromatic nitrogens is 2. The number of hydrogen-bond donors (Lipinski definition) is 1. The highest BCUT2D eigenvalue weighted by Gasteiger charge is 2.30. The van der Waals surface area contributed by atoms with E-state index in [0.29, 0.717) is 17.3 Å². The molecule has 3 nitrogen and oxygen atoms in total. The summed E-state index contributed by atoms with van der Waals surface area (Å²) in [6.07, 6.45) is -4.40. The number of aryl methyl sites for hydroxylation is 1. The molecule has 2 heterocycles. The van der Waals surface area contributed by atoms with E-state index in [1.807, 2.05) is 43.3 Å². The molecule has 0 unspecified atom stereocenters. The van der Waals surface area contributed by atoms with Gasteiger partial charge in [-0.25, -0.2) is 9.97 Å². The number of anilines is 2. The topological polar surface area (TPSA) is 37.8 Å². The minimum Gasteiger partial charge on any atom is -0.340 e. The summed E-state index contributed by atoms with van der Waals surface area (Å²) >= 11 is 1.52. The molecule has 4 rings (SSSR count). The maximum absolute atomic E-state index is 13.0. The van der Waals surface area contributed by atoms with Crippen LogP contribution in [0.2, 0.25) is 0 Å². The lowest BCUT2D eigenvalue weighted by molar-refractivity contribution is -0.137. The number of halogens is 3. The van der Waals surface area contributed by atoms with Crippen molar-refractivity contribution in [3.63, 3.8) is 0 Å². The number of thiophene rings is 1. The van der Waals surface area contributed by atoms with Gasteiger partial charge in [0.2, 0.25) is 0 Å². The minimum atomic E-state index is -4.40. The summed E-state index contributed by atoms with van der Waals surface area (Å²) in [7, 11) is 0. The molecular formula is C20H14F3N3S. The van der Waals surface area contributed by atoms with Crippen LogP contribution in [0.1, 0.15) is 10.4 Å². The molecule has 4 aromatic rings. The number of rotatable bonds is 3. The normalized spacial score (nSPS) is 11.7. The maximum atomic E-state index is 13.0. The molecule has 0 saturated carbocycles. The third kappa shape index (κ3) is 3.64. The molecule has 2 aromatic carbocycles. The van der Waals surface area contributed by atoms with E-state index >= 15 is 0 Å². The summed E-state index contributed by atoms with van der Waals surface area (Å²) in [5, 5.41) is 3.83. The Labute approximate surface area is 157 Å². The van der Waals surface area contributed by atoms with E-state index in [9.17, 15) is 13.2 Å². The fourth-order valence-electron chi connectivity index (χ4n) is 2.76. The van der Waals surface area contributed by atoms with Crippen molar-refractivity contribution in [3.8, 4) is 11.4 Å². The van der Waals surface area contributed by atoms with E-state index in [2.05, 4.69) is 15.3 Å². The van der Waals surface area contributed by atoms with E-state index in [1.165, 1.54) is 17.4 Å². The van der Waals surface area contributed by atoms with Gasteiger partial charge in [0, 0.05) is 16.1 Å². The second-order valence-electron chi connectivity index (χ2n) is 6.04. The van der Waals surface area contributed by atoms with Gasteiger partial charge in [-0.3, -0.25) is 0 Å². The standard InChI is InChI=1S/C20H14F3N3S/c1-12-10-16-18(24-15-9-5-8-14(11-15)20(21,22)23)25-17(26-19(16)27-12)13-6-3-2-4-7-13/h2-11H,1H3,(H,24,25,26). The van der Waals surface area contributed by atoms with Gasteiger partial charge in [-0.2, -0.15) is 13.2 Å². The predicted molar refractivity (Wildman–Crippen MR) is 102 cm³/mol. The Morgan fingerprint density at radius 3 is 2.44 bits per heavy atom. The molecule has 0 aliphatic rings. The number of nitrogens with one attached hydrogen (secondary N) is 1. The fraction of sp³-hybridized carbons (Fsp3) is 0.100. The van der Waals surface area contributed by atoms with Crippen LogP contribution >= 0.6 is 11.3 Å². The Kier molecular flexibility index (Phi) is 4.31. The largest absolute Gasteiger partial charge is 0.416 e. The molecule has 0 amide bonds. The number of fused-ring (bicyclic) bond motifs is 1. The molecule has 1 N–H and O–H groups in total. The van der Waals surface area contributed by atoms with E-state index in [4.69, 9.17) is 0 Å². The Morgan fingerprint density at radius 2 is 1.70 bits per heavy atom. The van der Waals surface area contributed by atoms with Crippen LogP contribution in [0.25, 0.3) is 21.6 Å². The highest BCUT2D eigenvalue weighted by molar-refractivity contribution is 7.18. The summed E-state index contributed by atoms with van der Waals surface area (Å²) in [6, 6.07) is 16.5. The highest BCUT2D eigenvalue weighted by Crippen LogP contribution is 2.34. The summed E-state index contributed by atoms with van der Waals surface area (Å²) in [5.41, 5.74) is 0.466. The molecule has 0 atom stereocenters. The number of benzene rings is 2. The molecule has 0 radical (unpaired) electrons. The molecule has 0 saturated heterocycles. The van der Waals surface area contributed by atoms with Crippen molar-refractivity contribution in [2.24, 2.45) is 0 Å². The second-order valence-corrected chi connectivity index (χ2v) is 7.28. The van der Waals surface area contributed by atoms with E-state index < -0.39 is 11.7 Å². The van der Waals surface area contributed by atoms with Crippen LogP contribution in [0.15, 0.2) is 60.7 Å². The van der Waals surface area contributed by atoms with E-state index in [1.54, 1.807) is 6.07 Å². The molecule has 0 fully saturated rings. The number of nitrogens with zero attached hydrogens (tertiary/aromatic N) is 2. The average molecular weight is 385 g/mol. The molecule has 0 bridgehead atoms. The maximum Gasteiger partial charge on any atom is 0.416 e. The zero-order chi connectivity index (χ0) is 19.0. The minimum absolute atomic E-state index is 0.327. The predicted octanol–water partition coefficient (Wildman–Crippen LogP) is 6.43. The lowest BCUT2D eigenvalue weighted by Crippen LogP contribution is -2.05. The Balaban J connectivity index is 1.81. The van der Waals surface area contributed by atoms with Crippen LogP contribution in [-0.2, 0) is 6.18 Å². The highest BCUT2D eigenvalue weighted by atomic mass is 32.1. The summed E-state index contributed by atoms with van der Waals surface area (Å²) in [5.74, 6) is 1.02. The molecular weight excluding hydrogens is 371 g/mol. The first-order chi connectivity index (χ1) is 12.9. The van der Waals surface area contributed by atoms with Crippen LogP contribution in [0, 0.1) is 6.92 Å². The summed E-state index contributed by atoms with van der Waals surface area (Å²) in [6.45, 7) is 1.96. The van der Waals surface area contributed by atoms with Gasteiger partial charge in [0.1, 0.15) is 10.6 Å². The van der Waals surface area contributed by atoms with E-state index in [0.717, 1.165) is 32.8 Å². The third-order valence-corrected chi connectivity index (χ3v) is 4.94. The van der Waals surface area contributed by atoms with Crippen molar-refractivity contribution >= 4 is 33.1 Å². The van der Waals surface area contributed by atoms with Crippen LogP contribution in [0.3, 0.4) is 0 Å². The average Bonchev–Trinajstić information content (AvgIpc) is 3.02. The summed E-state index contributed by atoms with van der Waals surface area (Å²) in [4.78, 5) is 11.0. The molecule has 27 heavy (non-hydrogen) atoms. The lowest BCUT2D eigenvalue weighted by Gasteiger charge is -2.12. The van der Waals surface area contributed by atoms with Crippen molar-refractivity contribution in [1.29, 1.82) is 0 Å². The number of hydrogen-bond acceptors (Lipinski definition) is 4. The quantitative estimate of drug-likeness (QED) is 0.442. The van der Waals surface area contributed by atoms with Crippen molar-refractivity contribution in [3.05, 3.63) is 71.1 Å². The van der Waals surface area contributed by atoms with Gasteiger partial charge < -0.3 is 5.32 Å². The molecule has 136 valence electrons. The van der Waals surface area contributed by atoms with E-state index in [-0.39, 0.29) is 0 Å². The summed E-state index contributed by atoms with van der Waals surface area (Å²) < 4.78 is 39.0. The molecule has 0 aliphatic heterocycles. The van der Waals surface area contributed by atoms with Gasteiger partial charge >= 0.3 is 6.18 Å². The van der Waals surface area contributed by atoms with Gasteiger partial charge in [-0.1, -0.05) is 36.4 Å². The van der Waals surface area contributed by atoms with Crippen molar-refractivity contribution < 1.29 is 13.2 Å². The molecule has 7 heteroatoms. The van der Waals surface area contributed by atoms with Gasteiger partial charge in [-0.15, -0.1) is 11.3 Å². The Bertz CT molecular complexity index is 1100. The lowest BCUT2D eigenvalue weighted by atomic mass is 10.2. The first-order valence-electron chi connectivity index (χ1n) is 8.18.